The van der Waals surface area contributed by atoms with Crippen molar-refractivity contribution in [3.05, 3.63) is 82.9 Å². The number of carbonyl (C=O) groups is 1. The van der Waals surface area contributed by atoms with Crippen molar-refractivity contribution < 1.29 is 23.4 Å². The van der Waals surface area contributed by atoms with Crippen molar-refractivity contribution in [1.29, 1.82) is 0 Å². The molecule has 1 amide bonds. The van der Waals surface area contributed by atoms with E-state index in [2.05, 4.69) is 30.6 Å². The lowest BCUT2D eigenvalue weighted by Crippen LogP contribution is -2.32. The number of likely N-dealkylation sites (N-methyl/N-ethyl adjacent to an activating group) is 1. The molecule has 9 nitrogen and oxygen atoms in total. The van der Waals surface area contributed by atoms with Crippen molar-refractivity contribution in [3.8, 4) is 0 Å². The molecule has 1 atom stereocenters. The van der Waals surface area contributed by atoms with Gasteiger partial charge in [-0.1, -0.05) is 6.07 Å². The zero-order valence-electron chi connectivity index (χ0n) is 24.8. The summed E-state index contributed by atoms with van der Waals surface area (Å²) < 4.78 is 33.0. The first-order valence-corrected chi connectivity index (χ1v) is 15.1. The Kier molecular flexibility index (Phi) is 9.06. The van der Waals surface area contributed by atoms with Crippen LogP contribution >= 0.6 is 0 Å². The highest BCUT2D eigenvalue weighted by Gasteiger charge is 2.22. The number of likely N-dealkylation sites (tertiary alicyclic amines) is 1. The zero-order valence-corrected chi connectivity index (χ0v) is 24.8. The van der Waals surface area contributed by atoms with Crippen LogP contribution in [0.15, 0.2) is 54.6 Å². The van der Waals surface area contributed by atoms with E-state index in [1.807, 2.05) is 43.4 Å². The van der Waals surface area contributed by atoms with Crippen LogP contribution in [0.1, 0.15) is 40.7 Å². The number of hydrogen-bond donors (Lipinski definition) is 4. The summed E-state index contributed by atoms with van der Waals surface area (Å²) in [6.07, 6.45) is 2.59. The number of nitrogens with zero attached hydrogens (tertiary/aromatic N) is 3. The molecule has 1 aromatic heterocycles. The van der Waals surface area contributed by atoms with Gasteiger partial charge in [-0.2, -0.15) is 5.10 Å². The largest absolute Gasteiger partial charge is 0.392 e. The summed E-state index contributed by atoms with van der Waals surface area (Å²) in [5.74, 6) is -1.16. The third kappa shape index (κ3) is 7.18. The van der Waals surface area contributed by atoms with Crippen molar-refractivity contribution in [1.82, 2.24) is 15.1 Å². The van der Waals surface area contributed by atoms with Gasteiger partial charge in [0.15, 0.2) is 5.82 Å². The molecular formula is C33H38F2N6O3. The number of rotatable bonds is 10. The molecule has 3 heterocycles. The molecule has 2 saturated heterocycles. The number of benzene rings is 3. The summed E-state index contributed by atoms with van der Waals surface area (Å²) in [7, 11) is 2.03. The first kappa shape index (κ1) is 30.0. The number of anilines is 3. The van der Waals surface area contributed by atoms with E-state index in [4.69, 9.17) is 4.74 Å². The van der Waals surface area contributed by atoms with Crippen molar-refractivity contribution in [2.45, 2.75) is 37.8 Å². The van der Waals surface area contributed by atoms with Crippen LogP contribution in [0.2, 0.25) is 0 Å². The molecule has 6 rings (SSSR count). The highest BCUT2D eigenvalue weighted by molar-refractivity contribution is 6.11. The van der Waals surface area contributed by atoms with Gasteiger partial charge in [0.1, 0.15) is 11.6 Å². The van der Waals surface area contributed by atoms with Crippen molar-refractivity contribution in [2.75, 3.05) is 62.0 Å². The number of carbonyl (C=O) groups excluding carboxylic acids is 1. The Labute approximate surface area is 255 Å². The number of aromatic amines is 1. The first-order chi connectivity index (χ1) is 21.3. The lowest BCUT2D eigenvalue weighted by Gasteiger charge is -2.27. The lowest BCUT2D eigenvalue weighted by molar-refractivity contribution is 0.0904. The molecular weight excluding hydrogens is 566 g/mol. The van der Waals surface area contributed by atoms with Gasteiger partial charge < -0.3 is 25.4 Å². The number of halogens is 2. The Morgan fingerprint density at radius 2 is 1.86 bits per heavy atom. The number of aliphatic hydroxyl groups is 1. The Bertz CT molecular complexity index is 1600. The fraction of sp³-hybridized carbons (Fsp3) is 0.394. The van der Waals surface area contributed by atoms with Crippen LogP contribution in [0.5, 0.6) is 0 Å². The maximum atomic E-state index is 13.7. The lowest BCUT2D eigenvalue weighted by atomic mass is 10.0. The molecule has 11 heteroatoms. The summed E-state index contributed by atoms with van der Waals surface area (Å²) in [6, 6.07) is 15.0. The number of aromatic nitrogens is 2. The standard InChI is InChI=1S/C33H38F2N6O3/c1-40(10-11-41-9-6-27(42)20-41)26-3-4-28(31(19-26)36-25-7-12-44-13-8-25)33(43)37-32-29-17-21(2-5-30(29)38-39-32)14-22-15-23(34)18-24(35)16-22/h2-5,15-19,25,27,36,42H,6-14,20H2,1H3,(H2,37,38,39,43). The van der Waals surface area contributed by atoms with E-state index >= 15 is 0 Å². The summed E-state index contributed by atoms with van der Waals surface area (Å²) in [6.45, 7) is 4.59. The summed E-state index contributed by atoms with van der Waals surface area (Å²) in [5, 5.41) is 24.4. The van der Waals surface area contributed by atoms with Crippen molar-refractivity contribution in [3.63, 3.8) is 0 Å². The third-order valence-electron chi connectivity index (χ3n) is 8.46. The summed E-state index contributed by atoms with van der Waals surface area (Å²) >= 11 is 0. The zero-order chi connectivity index (χ0) is 30.6. The Morgan fingerprint density at radius 3 is 2.61 bits per heavy atom. The van der Waals surface area contributed by atoms with E-state index in [-0.39, 0.29) is 18.1 Å². The smallest absolute Gasteiger partial charge is 0.258 e. The minimum atomic E-state index is -0.619. The van der Waals surface area contributed by atoms with Crippen molar-refractivity contribution in [2.24, 2.45) is 0 Å². The normalized spacial score (nSPS) is 17.7. The average molecular weight is 605 g/mol. The second-order valence-corrected chi connectivity index (χ2v) is 11.8. The first-order valence-electron chi connectivity index (χ1n) is 15.1. The second-order valence-electron chi connectivity index (χ2n) is 11.8. The molecule has 2 fully saturated rings. The van der Waals surface area contributed by atoms with Crippen LogP contribution < -0.4 is 15.5 Å². The maximum Gasteiger partial charge on any atom is 0.258 e. The molecule has 0 bridgehead atoms. The van der Waals surface area contributed by atoms with Gasteiger partial charge in [-0.3, -0.25) is 14.8 Å². The van der Waals surface area contributed by atoms with Crippen LogP contribution in [0, 0.1) is 11.6 Å². The van der Waals surface area contributed by atoms with E-state index in [9.17, 15) is 18.7 Å². The van der Waals surface area contributed by atoms with Gasteiger partial charge >= 0.3 is 0 Å². The predicted molar refractivity (Wildman–Crippen MR) is 167 cm³/mol. The topological polar surface area (TPSA) is 106 Å². The predicted octanol–water partition coefficient (Wildman–Crippen LogP) is 4.78. The molecule has 1 unspecified atom stereocenters. The van der Waals surface area contributed by atoms with E-state index in [1.54, 1.807) is 0 Å². The molecule has 44 heavy (non-hydrogen) atoms. The highest BCUT2D eigenvalue weighted by atomic mass is 19.1. The number of amides is 1. The monoisotopic (exact) mass is 604 g/mol. The van der Waals surface area contributed by atoms with Crippen LogP contribution in [-0.4, -0.2) is 84.7 Å². The summed E-state index contributed by atoms with van der Waals surface area (Å²) in [4.78, 5) is 18.1. The molecule has 3 aromatic carbocycles. The van der Waals surface area contributed by atoms with E-state index in [1.165, 1.54) is 12.1 Å². The minimum absolute atomic E-state index is 0.184. The van der Waals surface area contributed by atoms with Crippen LogP contribution in [0.4, 0.5) is 26.0 Å². The second kappa shape index (κ2) is 13.3. The van der Waals surface area contributed by atoms with Gasteiger partial charge in [0.05, 0.1) is 17.2 Å². The molecule has 4 aromatic rings. The molecule has 2 aliphatic rings. The number of aliphatic hydroxyl groups excluding tert-OH is 1. The quantitative estimate of drug-likeness (QED) is 0.207. The highest BCUT2D eigenvalue weighted by Crippen LogP contribution is 2.29. The van der Waals surface area contributed by atoms with Crippen molar-refractivity contribution >= 4 is 34.0 Å². The van der Waals surface area contributed by atoms with E-state index in [0.29, 0.717) is 48.5 Å². The fourth-order valence-corrected chi connectivity index (χ4v) is 5.97. The Hall–Kier alpha value is -4.06. The van der Waals surface area contributed by atoms with Gasteiger partial charge in [0.25, 0.3) is 5.91 Å². The molecule has 4 N–H and O–H groups in total. The fourth-order valence-electron chi connectivity index (χ4n) is 5.97. The molecule has 0 aliphatic carbocycles. The number of fused-ring (bicyclic) bond motifs is 1. The molecule has 232 valence electrons. The number of H-pyrrole nitrogens is 1. The average Bonchev–Trinajstić information content (AvgIpc) is 3.61. The number of nitrogens with one attached hydrogen (secondary N) is 3. The number of ether oxygens (including phenoxy) is 1. The van der Waals surface area contributed by atoms with Gasteiger partial charge in [-0.15, -0.1) is 0 Å². The SMILES string of the molecule is CN(CCN1CCC(O)C1)c1ccc(C(=O)Nc2n[nH]c3ccc(Cc4cc(F)cc(F)c4)cc23)c(NC2CCOCC2)c1. The van der Waals surface area contributed by atoms with E-state index < -0.39 is 11.6 Å². The Morgan fingerprint density at radius 1 is 1.07 bits per heavy atom. The van der Waals surface area contributed by atoms with Crippen LogP contribution in [0.3, 0.4) is 0 Å². The minimum Gasteiger partial charge on any atom is -0.392 e. The van der Waals surface area contributed by atoms with E-state index in [0.717, 1.165) is 67.4 Å². The molecule has 2 aliphatic heterocycles. The summed E-state index contributed by atoms with van der Waals surface area (Å²) in [5.41, 5.74) is 4.31. The third-order valence-corrected chi connectivity index (χ3v) is 8.46. The Balaban J connectivity index is 1.21. The van der Waals surface area contributed by atoms with Gasteiger partial charge in [-0.05, 0) is 79.3 Å². The van der Waals surface area contributed by atoms with Crippen LogP contribution in [0.25, 0.3) is 10.9 Å². The number of hydrogen-bond acceptors (Lipinski definition) is 7. The van der Waals surface area contributed by atoms with Crippen LogP contribution in [-0.2, 0) is 11.2 Å². The van der Waals surface area contributed by atoms with Gasteiger partial charge in [0, 0.05) is 75.3 Å². The van der Waals surface area contributed by atoms with Gasteiger partial charge in [0.2, 0.25) is 0 Å². The van der Waals surface area contributed by atoms with Gasteiger partial charge in [-0.25, -0.2) is 8.78 Å². The molecule has 0 radical (unpaired) electrons. The number of β-amino-alcohol motifs (C(OH)–C–C–N with tert-alkyl or cyclic N) is 1. The molecule has 0 saturated carbocycles. The maximum absolute atomic E-state index is 13.7. The molecule has 0 spiro atoms.